The Kier molecular flexibility index (Phi) is 2.28. The highest BCUT2D eigenvalue weighted by atomic mass is 16.3. The fraction of sp³-hybridized carbons (Fsp3) is 0.750. The van der Waals surface area contributed by atoms with Gasteiger partial charge in [0, 0.05) is 0 Å². The third-order valence-electron chi connectivity index (χ3n) is 2.74. The zero-order chi connectivity index (χ0) is 10.1. The van der Waals surface area contributed by atoms with E-state index in [9.17, 15) is 14.7 Å². The third-order valence-corrected chi connectivity index (χ3v) is 2.74. The van der Waals surface area contributed by atoms with Gasteiger partial charge in [-0.05, 0) is 12.8 Å². The number of hydrogen-bond donors (Lipinski definition) is 3. The number of aliphatic hydroxyl groups excluding tert-OH is 1. The summed E-state index contributed by atoms with van der Waals surface area (Å²) in [5.74, 6) is 0. The number of nitrogens with one attached hydrogen (secondary N) is 2. The lowest BCUT2D eigenvalue weighted by molar-refractivity contribution is 0.0723. The molecule has 1 aromatic heterocycles. The first-order chi connectivity index (χ1) is 6.70. The molecule has 0 amide bonds. The van der Waals surface area contributed by atoms with E-state index >= 15 is 0 Å². The van der Waals surface area contributed by atoms with Crippen LogP contribution in [0.2, 0.25) is 0 Å². The summed E-state index contributed by atoms with van der Waals surface area (Å²) in [6.45, 7) is 0. The van der Waals surface area contributed by atoms with Crippen molar-refractivity contribution in [2.75, 3.05) is 0 Å². The number of aliphatic hydroxyl groups is 1. The van der Waals surface area contributed by atoms with Crippen LogP contribution in [0.1, 0.15) is 31.7 Å². The number of aromatic amines is 2. The molecule has 0 aromatic carbocycles. The monoisotopic (exact) mass is 199 g/mol. The Morgan fingerprint density at radius 1 is 1.14 bits per heavy atom. The fourth-order valence-corrected chi connectivity index (χ4v) is 2.01. The minimum absolute atomic E-state index is 0.369. The van der Waals surface area contributed by atoms with Gasteiger partial charge >= 0.3 is 11.4 Å². The largest absolute Gasteiger partial charge is 0.391 e. The molecule has 1 aromatic rings. The van der Waals surface area contributed by atoms with Crippen LogP contribution in [-0.4, -0.2) is 26.0 Å². The van der Waals surface area contributed by atoms with Gasteiger partial charge in [-0.1, -0.05) is 12.8 Å². The van der Waals surface area contributed by atoms with Crippen LogP contribution in [0.4, 0.5) is 0 Å². The first kappa shape index (κ1) is 9.26. The molecule has 2 atom stereocenters. The summed E-state index contributed by atoms with van der Waals surface area (Å²) in [4.78, 5) is 22.5. The van der Waals surface area contributed by atoms with Crippen LogP contribution in [0, 0.1) is 0 Å². The molecule has 3 N–H and O–H groups in total. The van der Waals surface area contributed by atoms with Gasteiger partial charge in [0.05, 0.1) is 12.1 Å². The van der Waals surface area contributed by atoms with E-state index in [0.29, 0.717) is 12.8 Å². The lowest BCUT2D eigenvalue weighted by atomic mass is 9.92. The Bertz CT molecular complexity index is 388. The molecule has 78 valence electrons. The molecule has 0 aliphatic heterocycles. The highest BCUT2D eigenvalue weighted by molar-refractivity contribution is 4.83. The number of rotatable bonds is 1. The van der Waals surface area contributed by atoms with E-state index in [1.165, 1.54) is 0 Å². The number of aromatic nitrogens is 3. The van der Waals surface area contributed by atoms with Crippen LogP contribution in [0.3, 0.4) is 0 Å². The average Bonchev–Trinajstić information content (AvgIpc) is 2.48. The number of H-pyrrole nitrogens is 2. The molecule has 0 spiro atoms. The Balaban J connectivity index is 2.38. The second-order valence-electron chi connectivity index (χ2n) is 3.65. The van der Waals surface area contributed by atoms with Crippen molar-refractivity contribution in [3.63, 3.8) is 0 Å². The molecule has 6 nitrogen and oxygen atoms in total. The molecule has 1 fully saturated rings. The van der Waals surface area contributed by atoms with E-state index in [2.05, 4.69) is 10.2 Å². The SMILES string of the molecule is O=c1[nH][nH]c(=O)n1C1CCCCC1O. The van der Waals surface area contributed by atoms with Crippen molar-refractivity contribution in [3.8, 4) is 0 Å². The van der Waals surface area contributed by atoms with Gasteiger partial charge in [-0.3, -0.25) is 0 Å². The van der Waals surface area contributed by atoms with E-state index in [1.54, 1.807) is 0 Å². The molecule has 2 rings (SSSR count). The third kappa shape index (κ3) is 1.41. The maximum atomic E-state index is 11.2. The molecule has 0 saturated heterocycles. The Morgan fingerprint density at radius 3 is 2.29 bits per heavy atom. The Morgan fingerprint density at radius 2 is 1.71 bits per heavy atom. The first-order valence-corrected chi connectivity index (χ1v) is 4.77. The molecule has 14 heavy (non-hydrogen) atoms. The quantitative estimate of drug-likeness (QED) is 0.560. The van der Waals surface area contributed by atoms with E-state index < -0.39 is 17.5 Å². The van der Waals surface area contributed by atoms with Crippen molar-refractivity contribution in [2.24, 2.45) is 0 Å². The predicted molar refractivity (Wildman–Crippen MR) is 49.2 cm³/mol. The van der Waals surface area contributed by atoms with Gasteiger partial charge in [-0.25, -0.2) is 24.4 Å². The molecule has 6 heteroatoms. The standard InChI is InChI=1S/C8H13N3O3/c12-6-4-2-1-3-5(6)11-7(13)9-10-8(11)14/h5-6,12H,1-4H2,(H,9,13)(H,10,14). The molecule has 2 unspecified atom stereocenters. The van der Waals surface area contributed by atoms with Crippen LogP contribution in [0.25, 0.3) is 0 Å². The van der Waals surface area contributed by atoms with Gasteiger partial charge in [-0.2, -0.15) is 0 Å². The summed E-state index contributed by atoms with van der Waals surface area (Å²) < 4.78 is 1.07. The van der Waals surface area contributed by atoms with Crippen LogP contribution in [0.5, 0.6) is 0 Å². The lowest BCUT2D eigenvalue weighted by Gasteiger charge is -2.26. The molecular weight excluding hydrogens is 186 g/mol. The first-order valence-electron chi connectivity index (χ1n) is 4.77. The average molecular weight is 199 g/mol. The molecule has 1 aliphatic rings. The summed E-state index contributed by atoms with van der Waals surface area (Å²) in [7, 11) is 0. The number of nitrogens with zero attached hydrogens (tertiary/aromatic N) is 1. The van der Waals surface area contributed by atoms with E-state index in [0.717, 1.165) is 17.4 Å². The molecule has 1 saturated carbocycles. The van der Waals surface area contributed by atoms with Crippen LogP contribution in [-0.2, 0) is 0 Å². The normalized spacial score (nSPS) is 27.8. The van der Waals surface area contributed by atoms with Crippen LogP contribution in [0.15, 0.2) is 9.59 Å². The summed E-state index contributed by atoms with van der Waals surface area (Å²) in [6.07, 6.45) is 2.65. The van der Waals surface area contributed by atoms with Gasteiger partial charge < -0.3 is 5.11 Å². The van der Waals surface area contributed by atoms with Gasteiger partial charge in [0.1, 0.15) is 0 Å². The zero-order valence-electron chi connectivity index (χ0n) is 7.69. The van der Waals surface area contributed by atoms with Crippen molar-refractivity contribution in [2.45, 2.75) is 37.8 Å². The maximum Gasteiger partial charge on any atom is 0.344 e. The second kappa shape index (κ2) is 3.45. The highest BCUT2D eigenvalue weighted by Gasteiger charge is 2.27. The molecule has 1 aliphatic carbocycles. The molecule has 0 radical (unpaired) electrons. The summed E-state index contributed by atoms with van der Waals surface area (Å²) >= 11 is 0. The Hall–Kier alpha value is -1.30. The van der Waals surface area contributed by atoms with Crippen LogP contribution < -0.4 is 11.4 Å². The van der Waals surface area contributed by atoms with Gasteiger partial charge in [0.15, 0.2) is 0 Å². The minimum atomic E-state index is -0.585. The van der Waals surface area contributed by atoms with E-state index in [4.69, 9.17) is 0 Å². The maximum absolute atomic E-state index is 11.2. The second-order valence-corrected chi connectivity index (χ2v) is 3.65. The van der Waals surface area contributed by atoms with E-state index in [1.807, 2.05) is 0 Å². The predicted octanol–water partition coefficient (Wildman–Crippen LogP) is -0.659. The van der Waals surface area contributed by atoms with Gasteiger partial charge in [0.2, 0.25) is 0 Å². The minimum Gasteiger partial charge on any atom is -0.391 e. The number of hydrogen-bond acceptors (Lipinski definition) is 3. The summed E-state index contributed by atoms with van der Waals surface area (Å²) in [5, 5.41) is 14.1. The fourth-order valence-electron chi connectivity index (χ4n) is 2.01. The highest BCUT2D eigenvalue weighted by Crippen LogP contribution is 2.26. The zero-order valence-corrected chi connectivity index (χ0v) is 7.69. The van der Waals surface area contributed by atoms with Crippen molar-refractivity contribution < 1.29 is 5.11 Å². The Labute approximate surface area is 79.6 Å². The van der Waals surface area contributed by atoms with Crippen molar-refractivity contribution in [1.82, 2.24) is 14.8 Å². The van der Waals surface area contributed by atoms with Crippen molar-refractivity contribution >= 4 is 0 Å². The smallest absolute Gasteiger partial charge is 0.344 e. The van der Waals surface area contributed by atoms with Crippen LogP contribution >= 0.6 is 0 Å². The molecular formula is C8H13N3O3. The lowest BCUT2D eigenvalue weighted by Crippen LogP contribution is -2.38. The molecule has 1 heterocycles. The van der Waals surface area contributed by atoms with Crippen molar-refractivity contribution in [3.05, 3.63) is 21.0 Å². The molecule has 0 bridgehead atoms. The van der Waals surface area contributed by atoms with Gasteiger partial charge in [0.25, 0.3) is 0 Å². The van der Waals surface area contributed by atoms with Gasteiger partial charge in [-0.15, -0.1) is 0 Å². The summed E-state index contributed by atoms with van der Waals surface area (Å²) in [5.41, 5.74) is -0.943. The van der Waals surface area contributed by atoms with E-state index in [-0.39, 0.29) is 6.04 Å². The summed E-state index contributed by atoms with van der Waals surface area (Å²) in [6, 6.07) is -0.369. The topological polar surface area (TPSA) is 90.9 Å². The van der Waals surface area contributed by atoms with Crippen molar-refractivity contribution in [1.29, 1.82) is 0 Å².